The summed E-state index contributed by atoms with van der Waals surface area (Å²) >= 11 is 6.64. The summed E-state index contributed by atoms with van der Waals surface area (Å²) in [6.45, 7) is 3.44. The van der Waals surface area contributed by atoms with Crippen LogP contribution in [0.4, 0.5) is 10.2 Å². The lowest BCUT2D eigenvalue weighted by molar-refractivity contribution is -0.131. The average molecular weight is 619 g/mol. The number of carbonyl (C=O) groups is 2. The van der Waals surface area contributed by atoms with Crippen LogP contribution in [0.15, 0.2) is 48.9 Å². The van der Waals surface area contributed by atoms with E-state index in [2.05, 4.69) is 25.2 Å². The molecule has 1 aromatic carbocycles. The van der Waals surface area contributed by atoms with Crippen molar-refractivity contribution in [2.75, 3.05) is 44.2 Å². The molecule has 0 radical (unpaired) electrons. The highest BCUT2D eigenvalue weighted by Gasteiger charge is 2.30. The van der Waals surface area contributed by atoms with Crippen LogP contribution in [0, 0.1) is 5.82 Å². The molecule has 0 spiro atoms. The molecule has 1 aliphatic carbocycles. The van der Waals surface area contributed by atoms with Crippen molar-refractivity contribution in [1.29, 1.82) is 0 Å². The average Bonchev–Trinajstić information content (AvgIpc) is 3.50. The molecule has 44 heavy (non-hydrogen) atoms. The molecule has 0 bridgehead atoms. The molecule has 13 heteroatoms. The zero-order valence-electron chi connectivity index (χ0n) is 24.1. The summed E-state index contributed by atoms with van der Waals surface area (Å²) in [6, 6.07) is 7.02. The molecule has 3 aromatic heterocycles. The van der Waals surface area contributed by atoms with E-state index in [9.17, 15) is 9.59 Å². The topological polar surface area (TPSA) is 112 Å². The van der Waals surface area contributed by atoms with Gasteiger partial charge in [-0.05, 0) is 49.1 Å². The highest BCUT2D eigenvalue weighted by Crippen LogP contribution is 2.35. The van der Waals surface area contributed by atoms with Crippen LogP contribution >= 0.6 is 11.6 Å². The Kier molecular flexibility index (Phi) is 7.67. The van der Waals surface area contributed by atoms with Crippen LogP contribution in [-0.2, 0) is 11.3 Å². The van der Waals surface area contributed by atoms with Gasteiger partial charge in [0.25, 0.3) is 5.91 Å². The first-order valence-corrected chi connectivity index (χ1v) is 15.3. The number of H-pyrrole nitrogens is 1. The molecule has 1 N–H and O–H groups in total. The molecular formula is C31H32ClFN8O3. The molecule has 7 rings (SSSR count). The minimum Gasteiger partial charge on any atom is -0.487 e. The van der Waals surface area contributed by atoms with Crippen molar-refractivity contribution in [3.05, 3.63) is 71.0 Å². The summed E-state index contributed by atoms with van der Waals surface area (Å²) in [6.07, 6.45) is 10.2. The van der Waals surface area contributed by atoms with Gasteiger partial charge < -0.3 is 24.4 Å². The Labute approximate surface area is 258 Å². The van der Waals surface area contributed by atoms with Gasteiger partial charge >= 0.3 is 0 Å². The zero-order chi connectivity index (χ0) is 30.2. The number of nitrogens with one attached hydrogen (secondary N) is 1. The second-order valence-corrected chi connectivity index (χ2v) is 11.8. The largest absolute Gasteiger partial charge is 0.487 e. The van der Waals surface area contributed by atoms with Gasteiger partial charge in [0.15, 0.2) is 17.4 Å². The zero-order valence-corrected chi connectivity index (χ0v) is 24.8. The lowest BCUT2D eigenvalue weighted by atomic mass is 9.99. The summed E-state index contributed by atoms with van der Waals surface area (Å²) in [5.41, 5.74) is 1.47. The number of pyridine rings is 1. The van der Waals surface area contributed by atoms with E-state index in [-0.39, 0.29) is 42.1 Å². The molecule has 4 aromatic rings. The number of nitrogens with zero attached hydrogens (tertiary/aromatic N) is 7. The van der Waals surface area contributed by atoms with Crippen LogP contribution in [0.3, 0.4) is 0 Å². The molecule has 228 valence electrons. The fourth-order valence-electron chi connectivity index (χ4n) is 5.81. The quantitative estimate of drug-likeness (QED) is 0.316. The monoisotopic (exact) mass is 618 g/mol. The van der Waals surface area contributed by atoms with Crippen molar-refractivity contribution >= 4 is 45.7 Å². The van der Waals surface area contributed by atoms with E-state index < -0.39 is 5.82 Å². The number of fused-ring (bicyclic) bond motifs is 1. The summed E-state index contributed by atoms with van der Waals surface area (Å²) in [7, 11) is 0. The molecular weight excluding hydrogens is 587 g/mol. The van der Waals surface area contributed by atoms with E-state index in [0.717, 1.165) is 24.4 Å². The molecule has 1 saturated heterocycles. The fourth-order valence-corrected chi connectivity index (χ4v) is 6.07. The fraction of sp³-hybridized carbons (Fsp3) is 0.387. The van der Waals surface area contributed by atoms with Gasteiger partial charge in [0.2, 0.25) is 5.91 Å². The maximum Gasteiger partial charge on any atom is 0.270 e. The Balaban J connectivity index is 1.04. The number of amides is 2. The number of ether oxygens (including phenoxy) is 1. The van der Waals surface area contributed by atoms with Gasteiger partial charge in [0, 0.05) is 69.0 Å². The van der Waals surface area contributed by atoms with E-state index in [4.69, 9.17) is 16.3 Å². The normalized spacial score (nSPS) is 17.2. The molecule has 11 nitrogen and oxygen atoms in total. The van der Waals surface area contributed by atoms with E-state index in [1.165, 1.54) is 0 Å². The van der Waals surface area contributed by atoms with E-state index in [1.807, 2.05) is 18.2 Å². The number of halogens is 2. The van der Waals surface area contributed by atoms with Gasteiger partial charge in [0.05, 0.1) is 29.4 Å². The Morgan fingerprint density at radius 1 is 1.09 bits per heavy atom. The van der Waals surface area contributed by atoms with Gasteiger partial charge in [-0.1, -0.05) is 22.9 Å². The van der Waals surface area contributed by atoms with E-state index in [1.54, 1.807) is 45.2 Å². The first-order chi connectivity index (χ1) is 21.4. The second-order valence-electron chi connectivity index (χ2n) is 11.4. The third-order valence-corrected chi connectivity index (χ3v) is 8.66. The number of anilines is 1. The maximum absolute atomic E-state index is 16.0. The first kappa shape index (κ1) is 28.3. The number of aromatic nitrogens is 5. The number of rotatable bonds is 8. The van der Waals surface area contributed by atoms with Crippen molar-refractivity contribution < 1.29 is 18.7 Å². The highest BCUT2D eigenvalue weighted by atomic mass is 35.5. The summed E-state index contributed by atoms with van der Waals surface area (Å²) in [5, 5.41) is 8.45. The van der Waals surface area contributed by atoms with Crippen molar-refractivity contribution in [1.82, 2.24) is 34.8 Å². The molecule has 0 atom stereocenters. The van der Waals surface area contributed by atoms with Gasteiger partial charge in [-0.15, -0.1) is 5.10 Å². The van der Waals surface area contributed by atoms with E-state index >= 15 is 4.39 Å². The van der Waals surface area contributed by atoms with Crippen LogP contribution in [0.25, 0.3) is 16.5 Å². The van der Waals surface area contributed by atoms with Gasteiger partial charge in [-0.25, -0.2) is 9.37 Å². The number of hydrogen-bond donors (Lipinski definition) is 1. The molecule has 1 saturated carbocycles. The van der Waals surface area contributed by atoms with Crippen LogP contribution in [-0.4, -0.2) is 91.9 Å². The van der Waals surface area contributed by atoms with Crippen molar-refractivity contribution in [2.24, 2.45) is 0 Å². The van der Waals surface area contributed by atoms with Crippen LogP contribution in [0.5, 0.6) is 5.75 Å². The Hall–Kier alpha value is -4.45. The van der Waals surface area contributed by atoms with Gasteiger partial charge in [-0.2, -0.15) is 0 Å². The van der Waals surface area contributed by atoms with Gasteiger partial charge in [-0.3, -0.25) is 14.3 Å². The van der Waals surface area contributed by atoms with E-state index in [0.29, 0.717) is 67.2 Å². The van der Waals surface area contributed by atoms with Crippen molar-refractivity contribution in [3.8, 4) is 5.75 Å². The van der Waals surface area contributed by atoms with Crippen LogP contribution < -0.4 is 9.64 Å². The summed E-state index contributed by atoms with van der Waals surface area (Å²) < 4.78 is 23.6. The highest BCUT2D eigenvalue weighted by molar-refractivity contribution is 6.36. The first-order valence-electron chi connectivity index (χ1n) is 14.9. The number of aromatic amines is 1. The predicted molar refractivity (Wildman–Crippen MR) is 163 cm³/mol. The number of aryl methyl sites for hydroxylation is 1. The Morgan fingerprint density at radius 3 is 2.70 bits per heavy atom. The molecule has 2 fully saturated rings. The smallest absolute Gasteiger partial charge is 0.270 e. The number of hydrogen-bond acceptors (Lipinski definition) is 7. The number of benzene rings is 1. The standard InChI is InChI=1S/C31H32ClFN8O3/c32-24-17-22(20-3-2-10-40(19-20)27(42)7-11-41-12-9-35-37-41)28(33)29-23(24)18-25(36-29)31(43)39-15-13-38(14-16-39)30-26(4-1-8-34-30)44-21-5-6-21/h1,3-4,8-9,12,17-18,21,36H,2,5-7,10-11,13-16,19H2. The van der Waals surface area contributed by atoms with Crippen LogP contribution in [0.2, 0.25) is 5.02 Å². The Bertz CT molecular complexity index is 1730. The number of piperazine rings is 1. The summed E-state index contributed by atoms with van der Waals surface area (Å²) in [5.74, 6) is 0.829. The van der Waals surface area contributed by atoms with Gasteiger partial charge in [0.1, 0.15) is 5.69 Å². The number of carbonyl (C=O) groups excluding carboxylic acids is 2. The van der Waals surface area contributed by atoms with Crippen LogP contribution in [0.1, 0.15) is 41.7 Å². The third kappa shape index (κ3) is 5.73. The lowest BCUT2D eigenvalue weighted by Crippen LogP contribution is -2.49. The molecule has 2 aliphatic heterocycles. The molecule has 0 unspecified atom stereocenters. The minimum atomic E-state index is -0.491. The third-order valence-electron chi connectivity index (χ3n) is 8.34. The Morgan fingerprint density at radius 2 is 1.93 bits per heavy atom. The van der Waals surface area contributed by atoms with Crippen molar-refractivity contribution in [3.63, 3.8) is 0 Å². The predicted octanol–water partition coefficient (Wildman–Crippen LogP) is 4.16. The molecule has 3 aliphatic rings. The maximum atomic E-state index is 16.0. The second kappa shape index (κ2) is 11.9. The summed E-state index contributed by atoms with van der Waals surface area (Å²) in [4.78, 5) is 39.6. The SMILES string of the molecule is O=C(CCn1ccnn1)N1CCC=C(c2cc(Cl)c3cc(C(=O)N4CCN(c5ncccc5OC5CC5)CC4)[nH]c3c2F)C1. The molecule has 5 heterocycles. The van der Waals surface area contributed by atoms with Crippen molar-refractivity contribution in [2.45, 2.75) is 38.3 Å². The minimum absolute atomic E-state index is 0.0405. The molecule has 2 amide bonds. The lowest BCUT2D eigenvalue weighted by Gasteiger charge is -2.35.